The van der Waals surface area contributed by atoms with E-state index in [0.29, 0.717) is 13.0 Å². The molecule has 1 aromatic carbocycles. The van der Waals surface area contributed by atoms with Crippen molar-refractivity contribution in [2.45, 2.75) is 38.6 Å². The van der Waals surface area contributed by atoms with Crippen molar-refractivity contribution in [1.82, 2.24) is 5.32 Å². The molecule has 3 nitrogen and oxygen atoms in total. The molecule has 4 heteroatoms. The second kappa shape index (κ2) is 7.79. The normalized spacial score (nSPS) is 13.1. The maximum absolute atomic E-state index is 11.9. The highest BCUT2D eigenvalue weighted by Crippen LogP contribution is 2.36. The summed E-state index contributed by atoms with van der Waals surface area (Å²) in [6, 6.07) is 8.43. The van der Waals surface area contributed by atoms with E-state index in [0.717, 1.165) is 6.54 Å². The molecular weight excluding hydrogens is 318 g/mol. The summed E-state index contributed by atoms with van der Waals surface area (Å²) in [7, 11) is 1.93. The van der Waals surface area contributed by atoms with Gasteiger partial charge in [-0.25, -0.2) is 0 Å². The van der Waals surface area contributed by atoms with Crippen molar-refractivity contribution in [1.29, 1.82) is 0 Å². The zero-order valence-corrected chi connectivity index (χ0v) is 14.3. The maximum atomic E-state index is 11.9. The van der Waals surface area contributed by atoms with E-state index in [9.17, 15) is 4.79 Å². The van der Waals surface area contributed by atoms with Crippen LogP contribution in [0.2, 0.25) is 0 Å². The Labute approximate surface area is 130 Å². The first-order valence-corrected chi connectivity index (χ1v) is 7.87. The van der Waals surface area contributed by atoms with E-state index < -0.39 is 5.41 Å². The molecule has 1 N–H and O–H groups in total. The summed E-state index contributed by atoms with van der Waals surface area (Å²) >= 11 is 3.68. The minimum atomic E-state index is -0.492. The van der Waals surface area contributed by atoms with Crippen LogP contribution in [0.3, 0.4) is 0 Å². The van der Waals surface area contributed by atoms with Gasteiger partial charge in [0.15, 0.2) is 0 Å². The number of rotatable bonds is 7. The molecule has 0 aliphatic rings. The molecule has 1 atom stereocenters. The topological polar surface area (TPSA) is 38.3 Å². The number of hydrogen-bond acceptors (Lipinski definition) is 3. The van der Waals surface area contributed by atoms with Gasteiger partial charge in [-0.3, -0.25) is 4.79 Å². The van der Waals surface area contributed by atoms with Crippen molar-refractivity contribution >= 4 is 21.9 Å². The van der Waals surface area contributed by atoms with Crippen LogP contribution in [0.1, 0.15) is 43.1 Å². The van der Waals surface area contributed by atoms with E-state index in [1.807, 2.05) is 27.8 Å². The van der Waals surface area contributed by atoms with E-state index in [2.05, 4.69) is 45.5 Å². The Balaban J connectivity index is 2.70. The van der Waals surface area contributed by atoms with Crippen molar-refractivity contribution in [3.63, 3.8) is 0 Å². The minimum absolute atomic E-state index is 0.142. The smallest absolute Gasteiger partial charge is 0.311 e. The lowest BCUT2D eigenvalue weighted by molar-refractivity contribution is -0.153. The summed E-state index contributed by atoms with van der Waals surface area (Å²) in [5, 5.41) is 3.13. The molecule has 0 bridgehead atoms. The van der Waals surface area contributed by atoms with Crippen LogP contribution in [0.25, 0.3) is 0 Å². The molecule has 0 aliphatic carbocycles. The van der Waals surface area contributed by atoms with Gasteiger partial charge in [0.05, 0.1) is 12.0 Å². The number of halogens is 1. The number of ether oxygens (including phenoxy) is 1. The van der Waals surface area contributed by atoms with Crippen LogP contribution in [0, 0.1) is 5.41 Å². The Morgan fingerprint density at radius 1 is 1.35 bits per heavy atom. The summed E-state index contributed by atoms with van der Waals surface area (Å²) < 4.78 is 5.13. The summed E-state index contributed by atoms with van der Waals surface area (Å²) in [4.78, 5) is 12.1. The minimum Gasteiger partial charge on any atom is -0.466 e. The predicted molar refractivity (Wildman–Crippen MR) is 85.9 cm³/mol. The average molecular weight is 342 g/mol. The van der Waals surface area contributed by atoms with Crippen LogP contribution in [-0.4, -0.2) is 19.6 Å². The Hall–Kier alpha value is -0.870. The van der Waals surface area contributed by atoms with Gasteiger partial charge in [0.2, 0.25) is 0 Å². The number of alkyl halides is 1. The predicted octanol–water partition coefficient (Wildman–Crippen LogP) is 3.82. The molecular formula is C16H24BrNO2. The van der Waals surface area contributed by atoms with Crippen molar-refractivity contribution in [2.75, 3.05) is 13.7 Å². The van der Waals surface area contributed by atoms with Crippen molar-refractivity contribution < 1.29 is 9.53 Å². The zero-order chi connectivity index (χ0) is 15.2. The van der Waals surface area contributed by atoms with Gasteiger partial charge in [0, 0.05) is 11.4 Å². The first-order chi connectivity index (χ1) is 9.40. The summed E-state index contributed by atoms with van der Waals surface area (Å²) in [5.74, 6) is -0.142. The molecule has 0 saturated heterocycles. The number of carbonyl (C=O) groups excluding carboxylic acids is 1. The van der Waals surface area contributed by atoms with E-state index in [4.69, 9.17) is 4.74 Å². The molecule has 0 heterocycles. The quantitative estimate of drug-likeness (QED) is 0.605. The lowest BCUT2D eigenvalue weighted by Crippen LogP contribution is -2.27. The fraction of sp³-hybridized carbons (Fsp3) is 0.562. The van der Waals surface area contributed by atoms with Gasteiger partial charge < -0.3 is 10.1 Å². The van der Waals surface area contributed by atoms with E-state index >= 15 is 0 Å². The molecule has 112 valence electrons. The molecule has 0 spiro atoms. The highest BCUT2D eigenvalue weighted by molar-refractivity contribution is 9.09. The molecule has 0 radical (unpaired) electrons. The Bertz CT molecular complexity index is 429. The molecule has 1 unspecified atom stereocenters. The first kappa shape index (κ1) is 17.2. The fourth-order valence-corrected chi connectivity index (χ4v) is 3.14. The molecule has 20 heavy (non-hydrogen) atoms. The Morgan fingerprint density at radius 3 is 2.45 bits per heavy atom. The largest absolute Gasteiger partial charge is 0.466 e. The molecule has 0 aliphatic heterocycles. The lowest BCUT2D eigenvalue weighted by Gasteiger charge is -2.25. The molecule has 1 aromatic rings. The van der Waals surface area contributed by atoms with Crippen molar-refractivity contribution in [3.8, 4) is 0 Å². The summed E-state index contributed by atoms with van der Waals surface area (Å²) in [6.45, 7) is 6.97. The van der Waals surface area contributed by atoms with Crippen molar-refractivity contribution in [2.24, 2.45) is 5.41 Å². The Kier molecular flexibility index (Phi) is 6.69. The third-order valence-corrected chi connectivity index (χ3v) is 4.09. The highest BCUT2D eigenvalue weighted by Gasteiger charge is 2.32. The van der Waals surface area contributed by atoms with Gasteiger partial charge in [-0.2, -0.15) is 0 Å². The van der Waals surface area contributed by atoms with Gasteiger partial charge in [-0.15, -0.1) is 0 Å². The van der Waals surface area contributed by atoms with Gasteiger partial charge >= 0.3 is 5.97 Å². The number of benzene rings is 1. The van der Waals surface area contributed by atoms with Crippen LogP contribution < -0.4 is 5.32 Å². The number of carbonyl (C=O) groups is 1. The third kappa shape index (κ3) is 4.91. The van der Waals surface area contributed by atoms with Gasteiger partial charge in [0.1, 0.15) is 0 Å². The molecule has 0 amide bonds. The second-order valence-electron chi connectivity index (χ2n) is 5.55. The van der Waals surface area contributed by atoms with E-state index in [1.54, 1.807) is 0 Å². The van der Waals surface area contributed by atoms with E-state index in [-0.39, 0.29) is 10.8 Å². The summed E-state index contributed by atoms with van der Waals surface area (Å²) in [6.07, 6.45) is 0.706. The highest BCUT2D eigenvalue weighted by atomic mass is 79.9. The van der Waals surface area contributed by atoms with Crippen molar-refractivity contribution in [3.05, 3.63) is 35.4 Å². The molecule has 0 fully saturated rings. The van der Waals surface area contributed by atoms with Crippen LogP contribution in [-0.2, 0) is 16.1 Å². The molecule has 1 rings (SSSR count). The Morgan fingerprint density at radius 2 is 1.95 bits per heavy atom. The zero-order valence-electron chi connectivity index (χ0n) is 12.7. The first-order valence-electron chi connectivity index (χ1n) is 6.95. The lowest BCUT2D eigenvalue weighted by atomic mass is 9.86. The standard InChI is InChI=1S/C16H24BrNO2/c1-5-20-15(19)16(2,3)10-14(17)13-8-6-12(7-9-13)11-18-4/h6-9,14,18H,5,10-11H2,1-4H3. The average Bonchev–Trinajstić information content (AvgIpc) is 2.39. The fourth-order valence-electron chi connectivity index (χ4n) is 2.02. The number of hydrogen-bond donors (Lipinski definition) is 1. The monoisotopic (exact) mass is 341 g/mol. The maximum Gasteiger partial charge on any atom is 0.311 e. The van der Waals surface area contributed by atoms with E-state index in [1.165, 1.54) is 11.1 Å². The van der Waals surface area contributed by atoms with Gasteiger partial charge in [-0.05, 0) is 45.4 Å². The second-order valence-corrected chi connectivity index (χ2v) is 6.65. The van der Waals surface area contributed by atoms with Crippen LogP contribution in [0.15, 0.2) is 24.3 Å². The number of nitrogens with one attached hydrogen (secondary N) is 1. The molecule has 0 saturated carbocycles. The van der Waals surface area contributed by atoms with Gasteiger partial charge in [-0.1, -0.05) is 40.2 Å². The number of esters is 1. The van der Waals surface area contributed by atoms with Crippen LogP contribution >= 0.6 is 15.9 Å². The molecule has 0 aromatic heterocycles. The van der Waals surface area contributed by atoms with Gasteiger partial charge in [0.25, 0.3) is 0 Å². The van der Waals surface area contributed by atoms with Crippen LogP contribution in [0.4, 0.5) is 0 Å². The summed E-state index contributed by atoms with van der Waals surface area (Å²) in [5.41, 5.74) is 1.94. The van der Waals surface area contributed by atoms with Crippen LogP contribution in [0.5, 0.6) is 0 Å². The SMILES string of the molecule is CCOC(=O)C(C)(C)CC(Br)c1ccc(CNC)cc1. The third-order valence-electron chi connectivity index (χ3n) is 3.24.